The van der Waals surface area contributed by atoms with Crippen LogP contribution in [0.5, 0.6) is 5.75 Å². The summed E-state index contributed by atoms with van der Waals surface area (Å²) in [5, 5.41) is 8.24. The Morgan fingerprint density at radius 3 is 2.36 bits per heavy atom. The van der Waals surface area contributed by atoms with Gasteiger partial charge in [0, 0.05) is 27.4 Å². The largest absolute Gasteiger partial charge is 0.494 e. The van der Waals surface area contributed by atoms with Gasteiger partial charge in [0.2, 0.25) is 5.91 Å². The Bertz CT molecular complexity index is 1610. The molecule has 0 aliphatic rings. The second-order valence-electron chi connectivity index (χ2n) is 9.56. The second kappa shape index (κ2) is 16.3. The van der Waals surface area contributed by atoms with Crippen LogP contribution in [0.4, 0.5) is 15.8 Å². The van der Waals surface area contributed by atoms with Crippen molar-refractivity contribution < 1.29 is 23.5 Å². The molecular formula is C34H31ClFN3O4S. The molecule has 4 aromatic rings. The number of anilines is 2. The summed E-state index contributed by atoms with van der Waals surface area (Å²) in [7, 11) is 0. The van der Waals surface area contributed by atoms with Crippen molar-refractivity contribution in [1.29, 1.82) is 0 Å². The number of ether oxygens (including phenoxy) is 1. The summed E-state index contributed by atoms with van der Waals surface area (Å²) in [4.78, 5) is 39.5. The zero-order valence-corrected chi connectivity index (χ0v) is 25.5. The molecule has 226 valence electrons. The molecular weight excluding hydrogens is 601 g/mol. The van der Waals surface area contributed by atoms with Crippen LogP contribution in [0.25, 0.3) is 6.08 Å². The van der Waals surface area contributed by atoms with E-state index in [1.54, 1.807) is 60.7 Å². The van der Waals surface area contributed by atoms with Crippen LogP contribution in [0.2, 0.25) is 5.02 Å². The molecule has 0 bridgehead atoms. The lowest BCUT2D eigenvalue weighted by Gasteiger charge is -2.13. The fourth-order valence-corrected chi connectivity index (χ4v) is 4.88. The monoisotopic (exact) mass is 631 g/mol. The van der Waals surface area contributed by atoms with Crippen LogP contribution in [0, 0.1) is 5.82 Å². The molecule has 4 rings (SSSR count). The third-order valence-corrected chi connectivity index (χ3v) is 7.51. The molecule has 0 aliphatic heterocycles. The predicted molar refractivity (Wildman–Crippen MR) is 175 cm³/mol. The first-order chi connectivity index (χ1) is 21.3. The van der Waals surface area contributed by atoms with E-state index in [0.717, 1.165) is 23.5 Å². The van der Waals surface area contributed by atoms with Gasteiger partial charge in [-0.1, -0.05) is 55.3 Å². The van der Waals surface area contributed by atoms with Gasteiger partial charge in [0.15, 0.2) is 0 Å². The van der Waals surface area contributed by atoms with Gasteiger partial charge < -0.3 is 20.7 Å². The molecule has 0 spiro atoms. The van der Waals surface area contributed by atoms with Crippen molar-refractivity contribution in [2.24, 2.45) is 0 Å². The van der Waals surface area contributed by atoms with Gasteiger partial charge in [-0.05, 0) is 79.2 Å². The van der Waals surface area contributed by atoms with Crippen LogP contribution in [0.1, 0.15) is 35.7 Å². The third kappa shape index (κ3) is 9.72. The normalized spacial score (nSPS) is 11.0. The molecule has 10 heteroatoms. The molecule has 0 heterocycles. The average Bonchev–Trinajstić information content (AvgIpc) is 3.03. The van der Waals surface area contributed by atoms with Gasteiger partial charge in [0.25, 0.3) is 11.8 Å². The van der Waals surface area contributed by atoms with E-state index in [1.807, 2.05) is 18.2 Å². The minimum Gasteiger partial charge on any atom is -0.494 e. The summed E-state index contributed by atoms with van der Waals surface area (Å²) >= 11 is 7.47. The maximum atomic E-state index is 14.6. The minimum absolute atomic E-state index is 0.0401. The van der Waals surface area contributed by atoms with Crippen molar-refractivity contribution in [2.45, 2.75) is 24.7 Å². The quantitative estimate of drug-likeness (QED) is 0.0795. The van der Waals surface area contributed by atoms with E-state index in [2.05, 4.69) is 22.9 Å². The summed E-state index contributed by atoms with van der Waals surface area (Å²) in [5.74, 6) is -1.19. The van der Waals surface area contributed by atoms with Crippen molar-refractivity contribution in [3.63, 3.8) is 0 Å². The fourth-order valence-electron chi connectivity index (χ4n) is 3.91. The summed E-state index contributed by atoms with van der Waals surface area (Å²) in [6.07, 6.45) is 3.23. The molecule has 4 aromatic carbocycles. The zero-order chi connectivity index (χ0) is 31.3. The van der Waals surface area contributed by atoms with E-state index < -0.39 is 17.6 Å². The predicted octanol–water partition coefficient (Wildman–Crippen LogP) is 7.80. The van der Waals surface area contributed by atoms with Gasteiger partial charge >= 0.3 is 0 Å². The molecule has 0 atom stereocenters. The number of rotatable bonds is 13. The van der Waals surface area contributed by atoms with Crippen molar-refractivity contribution in [3.8, 4) is 5.75 Å². The number of halogens is 2. The number of nitrogens with one attached hydrogen (secondary N) is 3. The number of hydrogen-bond acceptors (Lipinski definition) is 5. The number of amides is 3. The first kappa shape index (κ1) is 32.3. The van der Waals surface area contributed by atoms with Gasteiger partial charge in [0.1, 0.15) is 17.3 Å². The minimum atomic E-state index is -0.685. The molecule has 3 N–H and O–H groups in total. The summed E-state index contributed by atoms with van der Waals surface area (Å²) in [5.41, 5.74) is 1.15. The highest BCUT2D eigenvalue weighted by Crippen LogP contribution is 2.25. The molecule has 0 saturated heterocycles. The maximum Gasteiger partial charge on any atom is 0.272 e. The SMILES string of the molecule is CCCCOc1ccc(NC(=O)CSc2cccc(NC(=O)/C(=C\c3c(F)cccc3Cl)NC(=O)c3ccccc3)c2)cc1. The third-order valence-electron chi connectivity index (χ3n) is 6.18. The van der Waals surface area contributed by atoms with Crippen LogP contribution in [0.3, 0.4) is 0 Å². The summed E-state index contributed by atoms with van der Waals surface area (Å²) in [6.45, 7) is 2.75. The van der Waals surface area contributed by atoms with Gasteiger partial charge in [0.05, 0.1) is 17.4 Å². The number of unbranched alkanes of at least 4 members (excludes halogenated alkanes) is 1. The number of hydrogen-bond donors (Lipinski definition) is 3. The number of thioether (sulfide) groups is 1. The van der Waals surface area contributed by atoms with E-state index >= 15 is 0 Å². The lowest BCUT2D eigenvalue weighted by molar-refractivity contribution is -0.114. The second-order valence-corrected chi connectivity index (χ2v) is 11.0. The van der Waals surface area contributed by atoms with E-state index in [4.69, 9.17) is 16.3 Å². The Morgan fingerprint density at radius 2 is 1.64 bits per heavy atom. The fraction of sp³-hybridized carbons (Fsp3) is 0.147. The number of carbonyl (C=O) groups excluding carboxylic acids is 3. The van der Waals surface area contributed by atoms with Crippen molar-refractivity contribution in [2.75, 3.05) is 23.0 Å². The molecule has 0 unspecified atom stereocenters. The van der Waals surface area contributed by atoms with Crippen LogP contribution >= 0.6 is 23.4 Å². The first-order valence-corrected chi connectivity index (χ1v) is 15.3. The lowest BCUT2D eigenvalue weighted by Crippen LogP contribution is -2.30. The number of benzene rings is 4. The standard InChI is InChI=1S/C34H31ClFN3O4S/c1-2-3-19-43-26-17-15-24(16-18-26)37-32(40)22-44-27-12-7-11-25(20-27)38-34(42)31(21-28-29(35)13-8-14-30(28)36)39-33(41)23-9-5-4-6-10-23/h4-18,20-21H,2-3,19,22H2,1H3,(H,37,40)(H,38,42)(H,39,41)/b31-21+. The summed E-state index contributed by atoms with van der Waals surface area (Å²) < 4.78 is 20.2. The van der Waals surface area contributed by atoms with E-state index in [1.165, 1.54) is 36.0 Å². The van der Waals surface area contributed by atoms with Crippen LogP contribution < -0.4 is 20.7 Å². The Kier molecular flexibility index (Phi) is 12.0. The van der Waals surface area contributed by atoms with Crippen molar-refractivity contribution in [1.82, 2.24) is 5.32 Å². The highest BCUT2D eigenvalue weighted by molar-refractivity contribution is 8.00. The zero-order valence-electron chi connectivity index (χ0n) is 23.9. The Morgan fingerprint density at radius 1 is 0.886 bits per heavy atom. The Hall–Kier alpha value is -4.60. The highest BCUT2D eigenvalue weighted by Gasteiger charge is 2.17. The smallest absolute Gasteiger partial charge is 0.272 e. The molecule has 0 radical (unpaired) electrons. The van der Waals surface area contributed by atoms with Crippen LogP contribution in [-0.4, -0.2) is 30.1 Å². The highest BCUT2D eigenvalue weighted by atomic mass is 35.5. The van der Waals surface area contributed by atoms with Crippen molar-refractivity contribution in [3.05, 3.63) is 125 Å². The molecule has 0 fully saturated rings. The average molecular weight is 632 g/mol. The number of carbonyl (C=O) groups is 3. The van der Waals surface area contributed by atoms with Gasteiger partial charge in [-0.2, -0.15) is 0 Å². The first-order valence-electron chi connectivity index (χ1n) is 13.9. The Labute approximate surface area is 264 Å². The van der Waals surface area contributed by atoms with Crippen LogP contribution in [0.15, 0.2) is 108 Å². The molecule has 0 saturated carbocycles. The van der Waals surface area contributed by atoms with Gasteiger partial charge in [-0.15, -0.1) is 11.8 Å². The molecule has 0 aromatic heterocycles. The van der Waals surface area contributed by atoms with E-state index in [9.17, 15) is 18.8 Å². The molecule has 0 aliphatic carbocycles. The molecule has 44 heavy (non-hydrogen) atoms. The topological polar surface area (TPSA) is 96.5 Å². The summed E-state index contributed by atoms with van der Waals surface area (Å²) in [6, 6.07) is 26.6. The Balaban J connectivity index is 1.41. The van der Waals surface area contributed by atoms with Gasteiger partial charge in [-0.3, -0.25) is 14.4 Å². The van der Waals surface area contributed by atoms with Gasteiger partial charge in [-0.25, -0.2) is 4.39 Å². The maximum absolute atomic E-state index is 14.6. The van der Waals surface area contributed by atoms with E-state index in [0.29, 0.717) is 23.5 Å². The molecule has 7 nitrogen and oxygen atoms in total. The molecule has 3 amide bonds. The lowest BCUT2D eigenvalue weighted by atomic mass is 10.1. The van der Waals surface area contributed by atoms with Crippen molar-refractivity contribution >= 4 is 58.5 Å². The van der Waals surface area contributed by atoms with E-state index in [-0.39, 0.29) is 27.9 Å². The van der Waals surface area contributed by atoms with Crippen LogP contribution in [-0.2, 0) is 9.59 Å².